The zero-order chi connectivity index (χ0) is 20.6. The van der Waals surface area contributed by atoms with Crippen molar-refractivity contribution >= 4 is 11.6 Å². The third-order valence-electron chi connectivity index (χ3n) is 4.55. The van der Waals surface area contributed by atoms with Gasteiger partial charge in [0.1, 0.15) is 11.6 Å². The van der Waals surface area contributed by atoms with Gasteiger partial charge in [0.2, 0.25) is 5.91 Å². The van der Waals surface area contributed by atoms with Gasteiger partial charge in [-0.1, -0.05) is 12.1 Å². The minimum Gasteiger partial charge on any atom is -0.493 e. The average molecular weight is 393 g/mol. The molecule has 1 heterocycles. The van der Waals surface area contributed by atoms with Crippen LogP contribution in [0.3, 0.4) is 0 Å². The topological polar surface area (TPSA) is 106 Å². The van der Waals surface area contributed by atoms with E-state index in [0.29, 0.717) is 31.2 Å². The molecule has 0 fully saturated rings. The molecule has 7 heteroatoms. The molecule has 3 aromatic rings. The van der Waals surface area contributed by atoms with Crippen LogP contribution in [0.15, 0.2) is 42.5 Å². The number of nitrogens with zero attached hydrogens (tertiary/aromatic N) is 2. The van der Waals surface area contributed by atoms with Crippen LogP contribution >= 0.6 is 0 Å². The molecule has 29 heavy (non-hydrogen) atoms. The summed E-state index contributed by atoms with van der Waals surface area (Å²) in [4.78, 5) is 16.4. The molecule has 0 aliphatic carbocycles. The molecule has 0 radical (unpaired) electrons. The molecule has 2 aromatic carbocycles. The van der Waals surface area contributed by atoms with Gasteiger partial charge in [-0.3, -0.25) is 9.89 Å². The molecule has 0 atom stereocenters. The van der Waals surface area contributed by atoms with Crippen molar-refractivity contribution in [2.75, 3.05) is 11.9 Å². The van der Waals surface area contributed by atoms with Gasteiger partial charge in [-0.15, -0.1) is 0 Å². The Balaban J connectivity index is 1.39. The number of benzene rings is 2. The number of carbonyl (C=O) groups excluding carboxylic acids is 1. The minimum atomic E-state index is -0.00667. The largest absolute Gasteiger partial charge is 0.493 e. The summed E-state index contributed by atoms with van der Waals surface area (Å²) in [7, 11) is 0. The first-order valence-electron chi connectivity index (χ1n) is 9.77. The van der Waals surface area contributed by atoms with Crippen molar-refractivity contribution in [1.29, 1.82) is 0 Å². The predicted octanol–water partition coefficient (Wildman–Crippen LogP) is 3.74. The van der Waals surface area contributed by atoms with Gasteiger partial charge in [0.25, 0.3) is 0 Å². The second kappa shape index (κ2) is 9.84. The lowest BCUT2D eigenvalue weighted by molar-refractivity contribution is -0.116. The summed E-state index contributed by atoms with van der Waals surface area (Å²) >= 11 is 0. The standard InChI is InChI=1S/C22H27N5O2/c1-15-6-7-16(2)19(13-15)29-12-4-3-5-21(28)24-18-10-8-17(9-11-18)22-25-20(14-23)26-27-22/h6-11,13H,3-5,12,14,23H2,1-2H3,(H,24,28)(H,25,26,27). The molecule has 7 nitrogen and oxygen atoms in total. The van der Waals surface area contributed by atoms with Crippen LogP contribution in [0, 0.1) is 13.8 Å². The van der Waals surface area contributed by atoms with Gasteiger partial charge < -0.3 is 15.8 Å². The molecule has 0 aliphatic heterocycles. The van der Waals surface area contributed by atoms with E-state index in [-0.39, 0.29) is 5.91 Å². The number of aryl methyl sites for hydroxylation is 2. The van der Waals surface area contributed by atoms with Crippen molar-refractivity contribution < 1.29 is 9.53 Å². The summed E-state index contributed by atoms with van der Waals surface area (Å²) in [6.45, 7) is 5.00. The van der Waals surface area contributed by atoms with Crippen molar-refractivity contribution in [1.82, 2.24) is 15.2 Å². The van der Waals surface area contributed by atoms with Gasteiger partial charge in [0.15, 0.2) is 5.82 Å². The number of hydrogen-bond acceptors (Lipinski definition) is 5. The maximum atomic E-state index is 12.1. The molecule has 0 spiro atoms. The van der Waals surface area contributed by atoms with Crippen LogP contribution in [0.5, 0.6) is 5.75 Å². The van der Waals surface area contributed by atoms with Crippen molar-refractivity contribution in [2.24, 2.45) is 5.73 Å². The van der Waals surface area contributed by atoms with Gasteiger partial charge in [-0.05, 0) is 68.1 Å². The molecule has 1 aromatic heterocycles. The normalized spacial score (nSPS) is 10.7. The highest BCUT2D eigenvalue weighted by molar-refractivity contribution is 5.90. The van der Waals surface area contributed by atoms with Crippen molar-refractivity contribution in [3.8, 4) is 17.1 Å². The third kappa shape index (κ3) is 5.89. The van der Waals surface area contributed by atoms with Gasteiger partial charge in [-0.25, -0.2) is 4.98 Å². The smallest absolute Gasteiger partial charge is 0.224 e. The van der Waals surface area contributed by atoms with E-state index < -0.39 is 0 Å². The Bertz CT molecular complexity index is 950. The summed E-state index contributed by atoms with van der Waals surface area (Å²) in [6, 6.07) is 13.6. The van der Waals surface area contributed by atoms with Crippen molar-refractivity contribution in [2.45, 2.75) is 39.7 Å². The van der Waals surface area contributed by atoms with Crippen LogP contribution in [0.2, 0.25) is 0 Å². The maximum Gasteiger partial charge on any atom is 0.224 e. The number of H-pyrrole nitrogens is 1. The molecule has 3 rings (SSSR count). The van der Waals surface area contributed by atoms with Crippen LogP contribution < -0.4 is 15.8 Å². The van der Waals surface area contributed by atoms with E-state index in [0.717, 1.165) is 35.4 Å². The molecule has 0 bridgehead atoms. The van der Waals surface area contributed by atoms with E-state index in [1.54, 1.807) is 0 Å². The minimum absolute atomic E-state index is 0.00667. The van der Waals surface area contributed by atoms with Gasteiger partial charge >= 0.3 is 0 Å². The number of aromatic nitrogens is 3. The first kappa shape index (κ1) is 20.5. The SMILES string of the molecule is Cc1ccc(C)c(OCCCCC(=O)Nc2ccc(-c3n[nH]c(CN)n3)cc2)c1. The summed E-state index contributed by atoms with van der Waals surface area (Å²) in [5.74, 6) is 2.14. The highest BCUT2D eigenvalue weighted by Crippen LogP contribution is 2.20. The van der Waals surface area contributed by atoms with Crippen LogP contribution in [0.25, 0.3) is 11.4 Å². The first-order chi connectivity index (χ1) is 14.0. The fourth-order valence-electron chi connectivity index (χ4n) is 2.87. The fraction of sp³-hybridized carbons (Fsp3) is 0.318. The van der Waals surface area contributed by atoms with E-state index in [1.165, 1.54) is 5.56 Å². The van der Waals surface area contributed by atoms with E-state index >= 15 is 0 Å². The van der Waals surface area contributed by atoms with Crippen LogP contribution in [0.4, 0.5) is 5.69 Å². The number of hydrogen-bond donors (Lipinski definition) is 3. The molecule has 0 saturated carbocycles. The molecule has 4 N–H and O–H groups in total. The Kier molecular flexibility index (Phi) is 6.97. The Morgan fingerprint density at radius 2 is 1.93 bits per heavy atom. The highest BCUT2D eigenvalue weighted by atomic mass is 16.5. The average Bonchev–Trinajstić information content (AvgIpc) is 3.20. The number of nitrogens with one attached hydrogen (secondary N) is 2. The molecule has 0 aliphatic rings. The number of unbranched alkanes of at least 4 members (excludes halogenated alkanes) is 1. The quantitative estimate of drug-likeness (QED) is 0.480. The zero-order valence-corrected chi connectivity index (χ0v) is 16.9. The van der Waals surface area contributed by atoms with Crippen LogP contribution in [0.1, 0.15) is 36.2 Å². The third-order valence-corrected chi connectivity index (χ3v) is 4.55. The second-order valence-corrected chi connectivity index (χ2v) is 7.01. The predicted molar refractivity (Wildman–Crippen MR) is 114 cm³/mol. The monoisotopic (exact) mass is 393 g/mol. The Morgan fingerprint density at radius 1 is 1.14 bits per heavy atom. The lowest BCUT2D eigenvalue weighted by atomic mass is 10.1. The van der Waals surface area contributed by atoms with Crippen molar-refractivity contribution in [3.63, 3.8) is 0 Å². The number of carbonyl (C=O) groups is 1. The Hall–Kier alpha value is -3.19. The van der Waals surface area contributed by atoms with E-state index in [1.807, 2.05) is 44.2 Å². The van der Waals surface area contributed by atoms with Gasteiger partial charge in [-0.2, -0.15) is 5.10 Å². The summed E-state index contributed by atoms with van der Waals surface area (Å²) in [5, 5.41) is 9.82. The highest BCUT2D eigenvalue weighted by Gasteiger charge is 2.07. The number of anilines is 1. The summed E-state index contributed by atoms with van der Waals surface area (Å²) in [5.41, 5.74) is 9.45. The summed E-state index contributed by atoms with van der Waals surface area (Å²) < 4.78 is 5.83. The second-order valence-electron chi connectivity index (χ2n) is 7.01. The molecular weight excluding hydrogens is 366 g/mol. The Labute approximate surface area is 170 Å². The number of aromatic amines is 1. The Morgan fingerprint density at radius 3 is 2.66 bits per heavy atom. The van der Waals surface area contributed by atoms with Crippen molar-refractivity contribution in [3.05, 3.63) is 59.4 Å². The van der Waals surface area contributed by atoms with Crippen LogP contribution in [-0.4, -0.2) is 27.7 Å². The lowest BCUT2D eigenvalue weighted by Gasteiger charge is -2.10. The molecular formula is C22H27N5O2. The van der Waals surface area contributed by atoms with E-state index in [9.17, 15) is 4.79 Å². The van der Waals surface area contributed by atoms with Gasteiger partial charge in [0.05, 0.1) is 13.2 Å². The molecule has 0 unspecified atom stereocenters. The summed E-state index contributed by atoms with van der Waals surface area (Å²) in [6.07, 6.45) is 2.06. The zero-order valence-electron chi connectivity index (χ0n) is 16.9. The number of ether oxygens (including phenoxy) is 1. The molecule has 152 valence electrons. The number of amides is 1. The maximum absolute atomic E-state index is 12.1. The molecule has 1 amide bonds. The van der Waals surface area contributed by atoms with Gasteiger partial charge in [0, 0.05) is 17.7 Å². The lowest BCUT2D eigenvalue weighted by Crippen LogP contribution is -2.11. The number of nitrogens with two attached hydrogens (primary N) is 1. The van der Waals surface area contributed by atoms with E-state index in [4.69, 9.17) is 10.5 Å². The van der Waals surface area contributed by atoms with Crippen LogP contribution in [-0.2, 0) is 11.3 Å². The van der Waals surface area contributed by atoms with E-state index in [2.05, 4.69) is 32.6 Å². The fourth-order valence-corrected chi connectivity index (χ4v) is 2.87. The first-order valence-corrected chi connectivity index (χ1v) is 9.77. The number of rotatable bonds is 9. The molecule has 0 saturated heterocycles.